The smallest absolute Gasteiger partial charge is 0.123 e. The Balaban J connectivity index is 2.66. The molecule has 1 aromatic carbocycles. The van der Waals surface area contributed by atoms with E-state index in [0.29, 0.717) is 0 Å². The molecular weight excluding hydrogens is 214 g/mol. The third-order valence-corrected chi connectivity index (χ3v) is 2.83. The summed E-state index contributed by atoms with van der Waals surface area (Å²) in [5.74, 6) is 1.63. The minimum atomic E-state index is 0.0713. The maximum Gasteiger partial charge on any atom is 0.123 e. The lowest BCUT2D eigenvalue weighted by atomic mass is 10.0. The molecule has 0 aliphatic heterocycles. The predicted molar refractivity (Wildman–Crippen MR) is 70.6 cm³/mol. The fourth-order valence-corrected chi connectivity index (χ4v) is 1.84. The van der Waals surface area contributed by atoms with E-state index in [1.807, 2.05) is 24.3 Å². The number of ether oxygens (including phenoxy) is 2. The standard InChI is InChI=1S/C14H23NO2/c1-4-7-13(15)14(5-2)17-12-9-6-8-11(10-12)16-3/h6,8-10,13-14H,4-5,7,15H2,1-3H3. The predicted octanol–water partition coefficient (Wildman–Crippen LogP) is 2.98. The second-order valence-electron chi connectivity index (χ2n) is 4.20. The molecule has 0 saturated heterocycles. The SMILES string of the molecule is CCCC(N)C(CC)Oc1cccc(OC)c1. The molecule has 0 bridgehead atoms. The van der Waals surface area contributed by atoms with E-state index < -0.39 is 0 Å². The molecule has 1 aromatic rings. The Kier molecular flexibility index (Phi) is 5.84. The molecule has 96 valence electrons. The van der Waals surface area contributed by atoms with Gasteiger partial charge in [0.2, 0.25) is 0 Å². The maximum atomic E-state index is 6.10. The van der Waals surface area contributed by atoms with Crippen molar-refractivity contribution >= 4 is 0 Å². The number of hydrogen-bond donors (Lipinski definition) is 1. The van der Waals surface area contributed by atoms with E-state index >= 15 is 0 Å². The number of benzene rings is 1. The van der Waals surface area contributed by atoms with Crippen molar-refractivity contribution in [3.8, 4) is 11.5 Å². The third-order valence-electron chi connectivity index (χ3n) is 2.83. The van der Waals surface area contributed by atoms with Crippen LogP contribution in [0.4, 0.5) is 0 Å². The second-order valence-corrected chi connectivity index (χ2v) is 4.20. The Labute approximate surface area is 104 Å². The number of nitrogens with two attached hydrogens (primary N) is 1. The van der Waals surface area contributed by atoms with Gasteiger partial charge in [0.1, 0.15) is 17.6 Å². The monoisotopic (exact) mass is 237 g/mol. The maximum absolute atomic E-state index is 6.10. The summed E-state index contributed by atoms with van der Waals surface area (Å²) >= 11 is 0. The van der Waals surface area contributed by atoms with Gasteiger partial charge in [0, 0.05) is 12.1 Å². The highest BCUT2D eigenvalue weighted by Crippen LogP contribution is 2.21. The zero-order valence-electron chi connectivity index (χ0n) is 11.0. The van der Waals surface area contributed by atoms with Gasteiger partial charge in [-0.3, -0.25) is 0 Å². The lowest BCUT2D eigenvalue weighted by molar-refractivity contribution is 0.161. The second kappa shape index (κ2) is 7.17. The van der Waals surface area contributed by atoms with E-state index in [4.69, 9.17) is 15.2 Å². The van der Waals surface area contributed by atoms with Gasteiger partial charge in [-0.15, -0.1) is 0 Å². The summed E-state index contributed by atoms with van der Waals surface area (Å²) in [6.45, 7) is 4.23. The van der Waals surface area contributed by atoms with Gasteiger partial charge in [0.05, 0.1) is 7.11 Å². The van der Waals surface area contributed by atoms with Crippen molar-refractivity contribution in [1.29, 1.82) is 0 Å². The Bertz CT molecular complexity index is 328. The number of hydrogen-bond acceptors (Lipinski definition) is 3. The van der Waals surface area contributed by atoms with Crippen LogP contribution in [0, 0.1) is 0 Å². The summed E-state index contributed by atoms with van der Waals surface area (Å²) in [4.78, 5) is 0. The Hall–Kier alpha value is -1.22. The molecule has 1 rings (SSSR count). The zero-order chi connectivity index (χ0) is 12.7. The van der Waals surface area contributed by atoms with E-state index in [1.54, 1.807) is 7.11 Å². The normalized spacial score (nSPS) is 14.1. The van der Waals surface area contributed by atoms with Crippen molar-refractivity contribution in [2.45, 2.75) is 45.3 Å². The van der Waals surface area contributed by atoms with Crippen LogP contribution in [-0.2, 0) is 0 Å². The number of methoxy groups -OCH3 is 1. The lowest BCUT2D eigenvalue weighted by Gasteiger charge is -2.23. The Morgan fingerprint density at radius 3 is 2.53 bits per heavy atom. The molecule has 0 aliphatic carbocycles. The highest BCUT2D eigenvalue weighted by molar-refractivity contribution is 5.33. The molecule has 0 fully saturated rings. The molecule has 0 aromatic heterocycles. The summed E-state index contributed by atoms with van der Waals surface area (Å²) in [6, 6.07) is 7.74. The highest BCUT2D eigenvalue weighted by atomic mass is 16.5. The van der Waals surface area contributed by atoms with Crippen molar-refractivity contribution in [2.24, 2.45) is 5.73 Å². The first-order valence-electron chi connectivity index (χ1n) is 6.27. The molecule has 2 unspecified atom stereocenters. The van der Waals surface area contributed by atoms with Gasteiger partial charge in [-0.25, -0.2) is 0 Å². The molecule has 0 saturated carbocycles. The van der Waals surface area contributed by atoms with Gasteiger partial charge in [0.25, 0.3) is 0 Å². The fourth-order valence-electron chi connectivity index (χ4n) is 1.84. The van der Waals surface area contributed by atoms with E-state index in [0.717, 1.165) is 30.8 Å². The van der Waals surface area contributed by atoms with E-state index in [2.05, 4.69) is 13.8 Å². The van der Waals surface area contributed by atoms with Gasteiger partial charge in [-0.05, 0) is 25.0 Å². The molecule has 0 aliphatic rings. The van der Waals surface area contributed by atoms with Crippen LogP contribution in [0.3, 0.4) is 0 Å². The minimum absolute atomic E-state index is 0.0713. The minimum Gasteiger partial charge on any atom is -0.497 e. The Morgan fingerprint density at radius 2 is 1.94 bits per heavy atom. The first-order valence-corrected chi connectivity index (χ1v) is 6.27. The molecule has 0 amide bonds. The van der Waals surface area contributed by atoms with Gasteiger partial charge in [-0.2, -0.15) is 0 Å². The van der Waals surface area contributed by atoms with Crippen molar-refractivity contribution in [1.82, 2.24) is 0 Å². The van der Waals surface area contributed by atoms with Gasteiger partial charge in [-0.1, -0.05) is 26.3 Å². The van der Waals surface area contributed by atoms with Crippen LogP contribution in [0.2, 0.25) is 0 Å². The average molecular weight is 237 g/mol. The molecule has 0 spiro atoms. The van der Waals surface area contributed by atoms with E-state index in [1.165, 1.54) is 0 Å². The highest BCUT2D eigenvalue weighted by Gasteiger charge is 2.16. The first-order chi connectivity index (χ1) is 8.21. The quantitative estimate of drug-likeness (QED) is 0.793. The summed E-state index contributed by atoms with van der Waals surface area (Å²) in [5.41, 5.74) is 6.10. The molecule has 17 heavy (non-hydrogen) atoms. The molecule has 2 atom stereocenters. The first kappa shape index (κ1) is 13.8. The summed E-state index contributed by atoms with van der Waals surface area (Å²) in [6.07, 6.45) is 3.06. The number of rotatable bonds is 7. The van der Waals surface area contributed by atoms with Gasteiger partial charge in [0.15, 0.2) is 0 Å². The molecule has 0 heterocycles. The molecule has 0 radical (unpaired) electrons. The van der Waals surface area contributed by atoms with Crippen LogP contribution < -0.4 is 15.2 Å². The van der Waals surface area contributed by atoms with E-state index in [9.17, 15) is 0 Å². The summed E-state index contributed by atoms with van der Waals surface area (Å²) in [7, 11) is 1.65. The van der Waals surface area contributed by atoms with Crippen LogP contribution in [0.15, 0.2) is 24.3 Å². The van der Waals surface area contributed by atoms with Gasteiger partial charge >= 0.3 is 0 Å². The van der Waals surface area contributed by atoms with Crippen LogP contribution in [0.25, 0.3) is 0 Å². The molecule has 3 nitrogen and oxygen atoms in total. The molecule has 3 heteroatoms. The van der Waals surface area contributed by atoms with Crippen LogP contribution in [0.5, 0.6) is 11.5 Å². The molecule has 2 N–H and O–H groups in total. The zero-order valence-corrected chi connectivity index (χ0v) is 11.0. The lowest BCUT2D eigenvalue weighted by Crippen LogP contribution is -2.38. The Morgan fingerprint density at radius 1 is 1.24 bits per heavy atom. The molecular formula is C14H23NO2. The van der Waals surface area contributed by atoms with Crippen molar-refractivity contribution in [3.63, 3.8) is 0 Å². The average Bonchev–Trinajstić information content (AvgIpc) is 2.36. The van der Waals surface area contributed by atoms with E-state index in [-0.39, 0.29) is 12.1 Å². The third kappa shape index (κ3) is 4.27. The topological polar surface area (TPSA) is 44.5 Å². The van der Waals surface area contributed by atoms with Crippen LogP contribution in [-0.4, -0.2) is 19.3 Å². The van der Waals surface area contributed by atoms with Crippen LogP contribution >= 0.6 is 0 Å². The van der Waals surface area contributed by atoms with Crippen molar-refractivity contribution in [3.05, 3.63) is 24.3 Å². The van der Waals surface area contributed by atoms with Crippen molar-refractivity contribution in [2.75, 3.05) is 7.11 Å². The summed E-state index contributed by atoms with van der Waals surface area (Å²) in [5, 5.41) is 0. The largest absolute Gasteiger partial charge is 0.497 e. The van der Waals surface area contributed by atoms with Crippen LogP contribution in [0.1, 0.15) is 33.1 Å². The summed E-state index contributed by atoms with van der Waals surface area (Å²) < 4.78 is 11.1. The van der Waals surface area contributed by atoms with Gasteiger partial charge < -0.3 is 15.2 Å². The van der Waals surface area contributed by atoms with Crippen molar-refractivity contribution < 1.29 is 9.47 Å². The fraction of sp³-hybridized carbons (Fsp3) is 0.571.